The molecule has 1 rings (SSSR count). The van der Waals surface area contributed by atoms with Crippen molar-refractivity contribution in [3.63, 3.8) is 0 Å². The lowest BCUT2D eigenvalue weighted by Gasteiger charge is -2.16. The van der Waals surface area contributed by atoms with E-state index in [9.17, 15) is 9.59 Å². The Hall–Kier alpha value is -1.43. The molecular weight excluding hydrogens is 242 g/mol. The largest absolute Gasteiger partial charge is 0.480 e. The van der Waals surface area contributed by atoms with Crippen LogP contribution in [0.2, 0.25) is 0 Å². The van der Waals surface area contributed by atoms with Crippen molar-refractivity contribution in [1.82, 2.24) is 5.32 Å². The van der Waals surface area contributed by atoms with E-state index in [0.717, 1.165) is 0 Å². The molecule has 1 aromatic heterocycles. The van der Waals surface area contributed by atoms with E-state index < -0.39 is 17.9 Å². The van der Waals surface area contributed by atoms with Crippen LogP contribution in [0.3, 0.4) is 0 Å². The first-order valence-corrected chi connectivity index (χ1v) is 6.35. The van der Waals surface area contributed by atoms with Crippen LogP contribution in [0, 0.1) is 5.92 Å². The molecule has 1 heterocycles. The summed E-state index contributed by atoms with van der Waals surface area (Å²) < 4.78 is 5.21. The van der Waals surface area contributed by atoms with Crippen LogP contribution in [0.4, 0.5) is 0 Å². The van der Waals surface area contributed by atoms with E-state index >= 15 is 0 Å². The number of carbonyl (C=O) groups excluding carboxylic acids is 1. The fourth-order valence-corrected chi connectivity index (χ4v) is 1.66. The number of furan rings is 1. The van der Waals surface area contributed by atoms with Crippen LogP contribution < -0.4 is 5.32 Å². The fourth-order valence-electron chi connectivity index (χ4n) is 1.28. The topological polar surface area (TPSA) is 79.5 Å². The quantitative estimate of drug-likeness (QED) is 0.787. The van der Waals surface area contributed by atoms with Gasteiger partial charge in [0.05, 0.1) is 0 Å². The van der Waals surface area contributed by atoms with Crippen molar-refractivity contribution >= 4 is 23.6 Å². The van der Waals surface area contributed by atoms with Gasteiger partial charge in [-0.2, -0.15) is 0 Å². The summed E-state index contributed by atoms with van der Waals surface area (Å²) in [7, 11) is 0. The first-order chi connectivity index (χ1) is 7.95. The Bertz CT molecular complexity index is 413. The number of thioether (sulfide) groups is 1. The van der Waals surface area contributed by atoms with Crippen molar-refractivity contribution in [1.29, 1.82) is 0 Å². The predicted octanol–water partition coefficient (Wildman–Crippen LogP) is 1.84. The van der Waals surface area contributed by atoms with Gasteiger partial charge in [-0.3, -0.25) is 4.79 Å². The molecule has 94 valence electrons. The molecule has 0 spiro atoms. The van der Waals surface area contributed by atoms with E-state index in [2.05, 4.69) is 5.32 Å². The van der Waals surface area contributed by atoms with Crippen LogP contribution in [-0.4, -0.2) is 29.3 Å². The molecule has 0 aliphatic carbocycles. The van der Waals surface area contributed by atoms with Gasteiger partial charge in [-0.1, -0.05) is 25.6 Å². The van der Waals surface area contributed by atoms with E-state index in [4.69, 9.17) is 9.52 Å². The Morgan fingerprint density at radius 2 is 2.06 bits per heavy atom. The second-order valence-electron chi connectivity index (χ2n) is 3.86. The first-order valence-electron chi connectivity index (χ1n) is 5.13. The molecule has 2 N–H and O–H groups in total. The van der Waals surface area contributed by atoms with Crippen molar-refractivity contribution in [2.75, 3.05) is 6.26 Å². The van der Waals surface area contributed by atoms with E-state index in [0.29, 0.717) is 5.09 Å². The second kappa shape index (κ2) is 5.77. The number of rotatable bonds is 5. The third-order valence-electron chi connectivity index (χ3n) is 2.23. The molecule has 1 amide bonds. The van der Waals surface area contributed by atoms with Gasteiger partial charge in [0, 0.05) is 0 Å². The van der Waals surface area contributed by atoms with Gasteiger partial charge in [-0.05, 0) is 24.3 Å². The number of carboxylic acids is 1. The van der Waals surface area contributed by atoms with E-state index in [1.165, 1.54) is 17.8 Å². The lowest BCUT2D eigenvalue weighted by Crippen LogP contribution is -2.44. The smallest absolute Gasteiger partial charge is 0.326 e. The lowest BCUT2D eigenvalue weighted by molar-refractivity contribution is -0.140. The molecule has 1 aromatic rings. The summed E-state index contributed by atoms with van der Waals surface area (Å²) in [6, 6.07) is 2.29. The maximum atomic E-state index is 11.7. The molecule has 0 saturated carbocycles. The van der Waals surface area contributed by atoms with Gasteiger partial charge in [-0.25, -0.2) is 4.79 Å². The summed E-state index contributed by atoms with van der Waals surface area (Å²) >= 11 is 1.38. The lowest BCUT2D eigenvalue weighted by atomic mass is 10.0. The number of hydrogen-bond donors (Lipinski definition) is 2. The van der Waals surface area contributed by atoms with Gasteiger partial charge in [-0.15, -0.1) is 0 Å². The molecule has 1 atom stereocenters. The SMILES string of the molecule is CSc1ccc(C(=O)NC(C(=O)O)C(C)C)o1. The van der Waals surface area contributed by atoms with Crippen LogP contribution >= 0.6 is 11.8 Å². The minimum atomic E-state index is -1.05. The normalized spacial score (nSPS) is 12.5. The fraction of sp³-hybridized carbons (Fsp3) is 0.455. The third-order valence-corrected chi connectivity index (χ3v) is 2.85. The van der Waals surface area contributed by atoms with Gasteiger partial charge >= 0.3 is 5.97 Å². The summed E-state index contributed by atoms with van der Waals surface area (Å²) in [6.07, 6.45) is 1.83. The number of aliphatic carboxylic acids is 1. The van der Waals surface area contributed by atoms with Crippen LogP contribution in [-0.2, 0) is 4.79 Å². The average Bonchev–Trinajstić information content (AvgIpc) is 2.73. The number of amides is 1. The van der Waals surface area contributed by atoms with Crippen LogP contribution in [0.5, 0.6) is 0 Å². The van der Waals surface area contributed by atoms with Crippen molar-refractivity contribution in [2.24, 2.45) is 5.92 Å². The highest BCUT2D eigenvalue weighted by molar-refractivity contribution is 7.98. The van der Waals surface area contributed by atoms with E-state index in [1.807, 2.05) is 6.26 Å². The highest BCUT2D eigenvalue weighted by atomic mass is 32.2. The Labute approximate surface area is 104 Å². The number of hydrogen-bond acceptors (Lipinski definition) is 4. The predicted molar refractivity (Wildman–Crippen MR) is 64.2 cm³/mol. The Kier molecular flexibility index (Phi) is 4.62. The van der Waals surface area contributed by atoms with Gasteiger partial charge < -0.3 is 14.8 Å². The minimum absolute atomic E-state index is 0.126. The highest BCUT2D eigenvalue weighted by Crippen LogP contribution is 2.18. The van der Waals surface area contributed by atoms with E-state index in [1.54, 1.807) is 19.9 Å². The standard InChI is InChI=1S/C11H15NO4S/c1-6(2)9(11(14)15)12-10(13)7-4-5-8(16-7)17-3/h4-6,9H,1-3H3,(H,12,13)(H,14,15). The summed E-state index contributed by atoms with van der Waals surface area (Å²) in [5.74, 6) is -1.62. The molecule has 17 heavy (non-hydrogen) atoms. The Morgan fingerprint density at radius 3 is 2.47 bits per heavy atom. The van der Waals surface area contributed by atoms with Crippen LogP contribution in [0.25, 0.3) is 0 Å². The summed E-state index contributed by atoms with van der Waals surface area (Å²) in [5, 5.41) is 12.0. The van der Waals surface area contributed by atoms with Crippen molar-refractivity contribution in [3.05, 3.63) is 17.9 Å². The first kappa shape index (κ1) is 13.6. The maximum Gasteiger partial charge on any atom is 0.326 e. The summed E-state index contributed by atoms with van der Waals surface area (Å²) in [5.41, 5.74) is 0. The molecule has 0 aromatic carbocycles. The van der Waals surface area contributed by atoms with Crippen molar-refractivity contribution in [3.8, 4) is 0 Å². The van der Waals surface area contributed by atoms with Gasteiger partial charge in [0.25, 0.3) is 5.91 Å². The van der Waals surface area contributed by atoms with E-state index in [-0.39, 0.29) is 11.7 Å². The molecular formula is C11H15NO4S. The maximum absolute atomic E-state index is 11.7. The number of carboxylic acid groups (broad SMARTS) is 1. The van der Waals surface area contributed by atoms with Gasteiger partial charge in [0.1, 0.15) is 6.04 Å². The molecule has 0 fully saturated rings. The highest BCUT2D eigenvalue weighted by Gasteiger charge is 2.25. The second-order valence-corrected chi connectivity index (χ2v) is 4.67. The Balaban J connectivity index is 2.73. The monoisotopic (exact) mass is 257 g/mol. The zero-order valence-electron chi connectivity index (χ0n) is 9.89. The molecule has 0 aliphatic rings. The molecule has 0 aliphatic heterocycles. The molecule has 5 nitrogen and oxygen atoms in total. The van der Waals surface area contributed by atoms with Crippen LogP contribution in [0.1, 0.15) is 24.4 Å². The minimum Gasteiger partial charge on any atom is -0.480 e. The average molecular weight is 257 g/mol. The number of carbonyl (C=O) groups is 2. The molecule has 0 saturated heterocycles. The van der Waals surface area contributed by atoms with Gasteiger partial charge in [0.2, 0.25) is 0 Å². The van der Waals surface area contributed by atoms with Crippen molar-refractivity contribution < 1.29 is 19.1 Å². The third kappa shape index (κ3) is 3.52. The van der Waals surface area contributed by atoms with Crippen molar-refractivity contribution in [2.45, 2.75) is 25.0 Å². The van der Waals surface area contributed by atoms with Crippen LogP contribution in [0.15, 0.2) is 21.6 Å². The zero-order valence-corrected chi connectivity index (χ0v) is 10.7. The number of nitrogens with one attached hydrogen (secondary N) is 1. The summed E-state index contributed by atoms with van der Waals surface area (Å²) in [4.78, 5) is 22.6. The molecule has 6 heteroatoms. The molecule has 1 unspecified atom stereocenters. The van der Waals surface area contributed by atoms with Gasteiger partial charge in [0.15, 0.2) is 10.9 Å². The zero-order chi connectivity index (χ0) is 13.0. The summed E-state index contributed by atoms with van der Waals surface area (Å²) in [6.45, 7) is 3.46. The Morgan fingerprint density at radius 1 is 1.41 bits per heavy atom. The molecule has 0 bridgehead atoms. The molecule has 0 radical (unpaired) electrons.